The first-order chi connectivity index (χ1) is 9.61. The maximum Gasteiger partial charge on any atom is 0.123 e. The highest BCUT2D eigenvalue weighted by Crippen LogP contribution is 2.28. The van der Waals surface area contributed by atoms with E-state index in [1.807, 2.05) is 24.3 Å². The van der Waals surface area contributed by atoms with E-state index in [0.29, 0.717) is 0 Å². The molecule has 2 rings (SSSR count). The highest BCUT2D eigenvalue weighted by molar-refractivity contribution is 5.53. The van der Waals surface area contributed by atoms with Gasteiger partial charge < -0.3 is 10.4 Å². The van der Waals surface area contributed by atoms with Crippen LogP contribution in [-0.4, -0.2) is 5.11 Å². The standard InChI is InChI=1S/C17H20FNO/c1-3-16(13-8-10-14(18)11-9-13)19-17-7-5-4-6-15(17)12(2)20/h4-12,16,19-20H,3H2,1-2H3. The van der Waals surface area contributed by atoms with Crippen molar-refractivity contribution in [2.45, 2.75) is 32.4 Å². The first kappa shape index (κ1) is 14.5. The monoisotopic (exact) mass is 273 g/mol. The number of aliphatic hydroxyl groups excluding tert-OH is 1. The fourth-order valence-electron chi connectivity index (χ4n) is 2.30. The summed E-state index contributed by atoms with van der Waals surface area (Å²) in [6.45, 7) is 3.82. The van der Waals surface area contributed by atoms with Crippen molar-refractivity contribution in [1.82, 2.24) is 0 Å². The van der Waals surface area contributed by atoms with Gasteiger partial charge in [-0.15, -0.1) is 0 Å². The fraction of sp³-hybridized carbons (Fsp3) is 0.294. The van der Waals surface area contributed by atoms with Crippen LogP contribution < -0.4 is 5.32 Å². The summed E-state index contributed by atoms with van der Waals surface area (Å²) in [6.07, 6.45) is 0.351. The summed E-state index contributed by atoms with van der Waals surface area (Å²) in [6, 6.07) is 14.3. The molecule has 2 aromatic carbocycles. The molecule has 0 aliphatic heterocycles. The number of halogens is 1. The summed E-state index contributed by atoms with van der Waals surface area (Å²) in [5.41, 5.74) is 2.82. The maximum atomic E-state index is 13.0. The number of hydrogen-bond acceptors (Lipinski definition) is 2. The third kappa shape index (κ3) is 3.36. The van der Waals surface area contributed by atoms with Crippen LogP contribution in [0.3, 0.4) is 0 Å². The van der Waals surface area contributed by atoms with E-state index in [1.54, 1.807) is 19.1 Å². The van der Waals surface area contributed by atoms with E-state index in [0.717, 1.165) is 23.2 Å². The molecule has 2 atom stereocenters. The molecular weight excluding hydrogens is 253 g/mol. The molecule has 2 nitrogen and oxygen atoms in total. The van der Waals surface area contributed by atoms with Gasteiger partial charge in [-0.25, -0.2) is 4.39 Å². The van der Waals surface area contributed by atoms with Crippen LogP contribution in [-0.2, 0) is 0 Å². The SMILES string of the molecule is CCC(Nc1ccccc1C(C)O)c1ccc(F)cc1. The van der Waals surface area contributed by atoms with Crippen LogP contribution in [0.4, 0.5) is 10.1 Å². The molecule has 2 aromatic rings. The lowest BCUT2D eigenvalue weighted by atomic mass is 10.0. The van der Waals surface area contributed by atoms with Crippen molar-refractivity contribution in [3.63, 3.8) is 0 Å². The normalized spacial score (nSPS) is 13.8. The lowest BCUT2D eigenvalue weighted by Gasteiger charge is -2.22. The summed E-state index contributed by atoms with van der Waals surface area (Å²) in [4.78, 5) is 0. The van der Waals surface area contributed by atoms with Crippen LogP contribution in [0.5, 0.6) is 0 Å². The quantitative estimate of drug-likeness (QED) is 0.844. The Morgan fingerprint density at radius 3 is 2.35 bits per heavy atom. The summed E-state index contributed by atoms with van der Waals surface area (Å²) in [5.74, 6) is -0.229. The minimum absolute atomic E-state index is 0.0931. The molecule has 0 aliphatic carbocycles. The van der Waals surface area contributed by atoms with Gasteiger partial charge in [0.2, 0.25) is 0 Å². The molecule has 0 amide bonds. The van der Waals surface area contributed by atoms with Gasteiger partial charge in [-0.05, 0) is 37.1 Å². The Morgan fingerprint density at radius 1 is 1.10 bits per heavy atom. The predicted molar refractivity (Wildman–Crippen MR) is 80.1 cm³/mol. The lowest BCUT2D eigenvalue weighted by molar-refractivity contribution is 0.200. The smallest absolute Gasteiger partial charge is 0.123 e. The summed E-state index contributed by atoms with van der Waals surface area (Å²) < 4.78 is 13.0. The van der Waals surface area contributed by atoms with Gasteiger partial charge in [0.05, 0.1) is 12.1 Å². The van der Waals surface area contributed by atoms with Gasteiger partial charge in [-0.3, -0.25) is 0 Å². The number of hydrogen-bond donors (Lipinski definition) is 2. The molecule has 2 unspecified atom stereocenters. The molecule has 0 bridgehead atoms. The molecule has 0 saturated carbocycles. The zero-order chi connectivity index (χ0) is 14.5. The Kier molecular flexibility index (Phi) is 4.74. The van der Waals surface area contributed by atoms with Gasteiger partial charge in [0.25, 0.3) is 0 Å². The minimum Gasteiger partial charge on any atom is -0.389 e. The zero-order valence-electron chi connectivity index (χ0n) is 11.8. The average molecular weight is 273 g/mol. The van der Waals surface area contributed by atoms with Crippen LogP contribution >= 0.6 is 0 Å². The van der Waals surface area contributed by atoms with Crippen molar-refractivity contribution in [2.24, 2.45) is 0 Å². The Balaban J connectivity index is 2.24. The lowest BCUT2D eigenvalue weighted by Crippen LogP contribution is -2.12. The first-order valence-corrected chi connectivity index (χ1v) is 6.90. The Labute approximate surface area is 119 Å². The van der Waals surface area contributed by atoms with Crippen molar-refractivity contribution in [3.8, 4) is 0 Å². The molecule has 0 heterocycles. The van der Waals surface area contributed by atoms with E-state index in [2.05, 4.69) is 12.2 Å². The second-order valence-corrected chi connectivity index (χ2v) is 4.92. The van der Waals surface area contributed by atoms with Gasteiger partial charge >= 0.3 is 0 Å². The molecular formula is C17H20FNO. The number of anilines is 1. The van der Waals surface area contributed by atoms with Gasteiger partial charge in [0.1, 0.15) is 5.82 Å². The number of nitrogens with one attached hydrogen (secondary N) is 1. The molecule has 0 saturated heterocycles. The molecule has 0 spiro atoms. The van der Waals surface area contributed by atoms with Gasteiger partial charge in [0, 0.05) is 11.3 Å². The molecule has 0 aromatic heterocycles. The first-order valence-electron chi connectivity index (χ1n) is 6.90. The highest BCUT2D eigenvalue weighted by Gasteiger charge is 2.13. The number of benzene rings is 2. The number of rotatable bonds is 5. The third-order valence-corrected chi connectivity index (χ3v) is 3.42. The van der Waals surface area contributed by atoms with Crippen molar-refractivity contribution in [1.29, 1.82) is 0 Å². The fourth-order valence-corrected chi connectivity index (χ4v) is 2.30. The van der Waals surface area contributed by atoms with Crippen LogP contribution in [0.15, 0.2) is 48.5 Å². The number of aliphatic hydroxyl groups is 1. The van der Waals surface area contributed by atoms with Gasteiger partial charge in [-0.1, -0.05) is 37.3 Å². The molecule has 0 radical (unpaired) electrons. The van der Waals surface area contributed by atoms with Gasteiger partial charge in [0.15, 0.2) is 0 Å². The Morgan fingerprint density at radius 2 is 1.75 bits per heavy atom. The molecule has 3 heteroatoms. The van der Waals surface area contributed by atoms with Crippen molar-refractivity contribution in [3.05, 3.63) is 65.5 Å². The van der Waals surface area contributed by atoms with Crippen LogP contribution in [0, 0.1) is 5.82 Å². The van der Waals surface area contributed by atoms with Crippen LogP contribution in [0.2, 0.25) is 0 Å². The zero-order valence-corrected chi connectivity index (χ0v) is 11.8. The topological polar surface area (TPSA) is 32.3 Å². The largest absolute Gasteiger partial charge is 0.389 e. The molecule has 2 N–H and O–H groups in total. The van der Waals surface area contributed by atoms with E-state index in [4.69, 9.17) is 0 Å². The van der Waals surface area contributed by atoms with Crippen molar-refractivity contribution >= 4 is 5.69 Å². The van der Waals surface area contributed by atoms with Crippen LogP contribution in [0.1, 0.15) is 43.5 Å². The Hall–Kier alpha value is -1.87. The molecule has 0 aliphatic rings. The highest BCUT2D eigenvalue weighted by atomic mass is 19.1. The summed E-state index contributed by atoms with van der Waals surface area (Å²) >= 11 is 0. The second-order valence-electron chi connectivity index (χ2n) is 4.92. The van der Waals surface area contributed by atoms with Crippen molar-refractivity contribution in [2.75, 3.05) is 5.32 Å². The predicted octanol–water partition coefficient (Wildman–Crippen LogP) is 4.44. The van der Waals surface area contributed by atoms with Gasteiger partial charge in [-0.2, -0.15) is 0 Å². The average Bonchev–Trinajstić information content (AvgIpc) is 2.46. The van der Waals surface area contributed by atoms with E-state index < -0.39 is 6.10 Å². The molecule has 106 valence electrons. The minimum atomic E-state index is -0.524. The Bertz CT molecular complexity index is 551. The van der Waals surface area contributed by atoms with E-state index in [1.165, 1.54) is 12.1 Å². The third-order valence-electron chi connectivity index (χ3n) is 3.42. The molecule has 20 heavy (non-hydrogen) atoms. The second kappa shape index (κ2) is 6.53. The van der Waals surface area contributed by atoms with E-state index in [9.17, 15) is 9.50 Å². The summed E-state index contributed by atoms with van der Waals surface area (Å²) in [5, 5.41) is 13.2. The summed E-state index contributed by atoms with van der Waals surface area (Å²) in [7, 11) is 0. The van der Waals surface area contributed by atoms with Crippen LogP contribution in [0.25, 0.3) is 0 Å². The molecule has 0 fully saturated rings. The number of para-hydroxylation sites is 1. The van der Waals surface area contributed by atoms with E-state index in [-0.39, 0.29) is 11.9 Å². The maximum absolute atomic E-state index is 13.0. The van der Waals surface area contributed by atoms with Crippen molar-refractivity contribution < 1.29 is 9.50 Å². The van der Waals surface area contributed by atoms with E-state index >= 15 is 0 Å².